The van der Waals surface area contributed by atoms with Crippen molar-refractivity contribution >= 4 is 11.8 Å². The molecule has 1 unspecified atom stereocenters. The highest BCUT2D eigenvalue weighted by Crippen LogP contribution is 2.25. The van der Waals surface area contributed by atoms with Gasteiger partial charge in [0.15, 0.2) is 0 Å². The van der Waals surface area contributed by atoms with Gasteiger partial charge in [-0.1, -0.05) is 75.8 Å². The van der Waals surface area contributed by atoms with Crippen LogP contribution in [-0.4, -0.2) is 66.1 Å². The van der Waals surface area contributed by atoms with E-state index < -0.39 is 24.2 Å². The first-order chi connectivity index (χ1) is 20.7. The van der Waals surface area contributed by atoms with E-state index in [1.807, 2.05) is 85.8 Å². The van der Waals surface area contributed by atoms with Crippen LogP contribution in [0.25, 0.3) is 0 Å². The maximum atomic E-state index is 13.0. The van der Waals surface area contributed by atoms with Crippen molar-refractivity contribution in [3.63, 3.8) is 0 Å². The van der Waals surface area contributed by atoms with Crippen LogP contribution in [-0.2, 0) is 23.8 Å². The standard InChI is InChI=1S/C34H55N3O7/c1-10-11-16-26(43-33(41)36-23(2)3)17-14-21-35-31(39)30(34(6,7)8)37-29(38)18-13-12-15-24(4)22-25(5)27-19-20-28(42-9)32(40)44-27/h10-15,18,20-23,25-27,30,32-33,36,40-41H,16-17,19H2,1-9H3,(H,35,39)(H,37,38)/b11-10-,15-12-,18-13-,21-14-,24-22+/t25-,26-,27-,30+,32+,33?/m0/s1. The molecule has 0 aliphatic carbocycles. The highest BCUT2D eigenvalue weighted by Gasteiger charge is 2.32. The van der Waals surface area contributed by atoms with E-state index in [0.717, 1.165) is 5.57 Å². The number of allylic oxidation sites excluding steroid dienone is 5. The van der Waals surface area contributed by atoms with Crippen LogP contribution >= 0.6 is 0 Å². The Labute approximate surface area is 264 Å². The molecule has 0 fully saturated rings. The predicted molar refractivity (Wildman–Crippen MR) is 174 cm³/mol. The number of carbonyl (C=O) groups is 2. The molecule has 0 aromatic rings. The van der Waals surface area contributed by atoms with E-state index in [1.54, 1.807) is 24.4 Å². The fraction of sp³-hybridized carbons (Fsp3) is 0.588. The van der Waals surface area contributed by atoms with Crippen molar-refractivity contribution in [3.8, 4) is 0 Å². The van der Waals surface area contributed by atoms with Gasteiger partial charge in [0, 0.05) is 18.0 Å². The Morgan fingerprint density at radius 1 is 1.14 bits per heavy atom. The number of amides is 2. The maximum Gasteiger partial charge on any atom is 0.247 e. The number of hydrogen-bond donors (Lipinski definition) is 5. The summed E-state index contributed by atoms with van der Waals surface area (Å²) in [5, 5.41) is 28.5. The summed E-state index contributed by atoms with van der Waals surface area (Å²) in [5.41, 5.74) is 0.440. The first-order valence-corrected chi connectivity index (χ1v) is 15.2. The van der Waals surface area contributed by atoms with Crippen LogP contribution < -0.4 is 16.0 Å². The van der Waals surface area contributed by atoms with Crippen molar-refractivity contribution in [2.24, 2.45) is 11.3 Å². The molecule has 0 aromatic heterocycles. The monoisotopic (exact) mass is 617 g/mol. The first-order valence-electron chi connectivity index (χ1n) is 15.2. The van der Waals surface area contributed by atoms with Gasteiger partial charge < -0.3 is 35.1 Å². The molecule has 6 atom stereocenters. The van der Waals surface area contributed by atoms with E-state index in [9.17, 15) is 19.8 Å². The van der Waals surface area contributed by atoms with E-state index in [-0.39, 0.29) is 36.0 Å². The van der Waals surface area contributed by atoms with Gasteiger partial charge in [0.1, 0.15) is 11.8 Å². The lowest BCUT2D eigenvalue weighted by Crippen LogP contribution is -2.52. The van der Waals surface area contributed by atoms with Crippen molar-refractivity contribution in [1.29, 1.82) is 0 Å². The van der Waals surface area contributed by atoms with Crippen LogP contribution in [0.2, 0.25) is 0 Å². The molecular weight excluding hydrogens is 562 g/mol. The predicted octanol–water partition coefficient (Wildman–Crippen LogP) is 4.50. The number of hydrogen-bond acceptors (Lipinski definition) is 8. The van der Waals surface area contributed by atoms with Crippen molar-refractivity contribution < 1.29 is 34.0 Å². The number of aliphatic hydroxyl groups is 2. The molecular formula is C34H55N3O7. The molecule has 1 aliphatic rings. The van der Waals surface area contributed by atoms with E-state index in [4.69, 9.17) is 14.2 Å². The van der Waals surface area contributed by atoms with E-state index in [1.165, 1.54) is 13.2 Å². The Balaban J connectivity index is 2.70. The molecule has 1 rings (SSSR count). The molecule has 0 aromatic carbocycles. The minimum Gasteiger partial charge on any atom is -0.496 e. The number of methoxy groups -OCH3 is 1. The average molecular weight is 618 g/mol. The van der Waals surface area contributed by atoms with Gasteiger partial charge >= 0.3 is 0 Å². The van der Waals surface area contributed by atoms with Crippen LogP contribution in [0.3, 0.4) is 0 Å². The molecule has 5 N–H and O–H groups in total. The third kappa shape index (κ3) is 15.6. The zero-order valence-electron chi connectivity index (χ0n) is 27.9. The fourth-order valence-electron chi connectivity index (χ4n) is 4.38. The van der Waals surface area contributed by atoms with Gasteiger partial charge in [-0.2, -0.15) is 0 Å². The smallest absolute Gasteiger partial charge is 0.247 e. The Bertz CT molecular complexity index is 1070. The molecule has 10 heteroatoms. The molecule has 44 heavy (non-hydrogen) atoms. The highest BCUT2D eigenvalue weighted by atomic mass is 16.6. The first kappa shape index (κ1) is 39.0. The fourth-order valence-corrected chi connectivity index (χ4v) is 4.38. The summed E-state index contributed by atoms with van der Waals surface area (Å²) in [6.07, 6.45) is 16.8. The summed E-state index contributed by atoms with van der Waals surface area (Å²) in [7, 11) is 1.50. The molecule has 0 saturated heterocycles. The lowest BCUT2D eigenvalue weighted by Gasteiger charge is -2.29. The second-order valence-corrected chi connectivity index (χ2v) is 12.3. The highest BCUT2D eigenvalue weighted by molar-refractivity contribution is 5.93. The number of carbonyl (C=O) groups excluding carboxylic acids is 2. The molecule has 10 nitrogen and oxygen atoms in total. The number of nitrogens with one attached hydrogen (secondary N) is 3. The van der Waals surface area contributed by atoms with Crippen LogP contribution in [0.5, 0.6) is 0 Å². The van der Waals surface area contributed by atoms with E-state index in [2.05, 4.69) is 16.0 Å². The van der Waals surface area contributed by atoms with Gasteiger partial charge in [-0.05, 0) is 64.6 Å². The zero-order valence-corrected chi connectivity index (χ0v) is 27.9. The van der Waals surface area contributed by atoms with Crippen LogP contribution in [0.4, 0.5) is 0 Å². The summed E-state index contributed by atoms with van der Waals surface area (Å²) in [5.74, 6) is -0.253. The minimum absolute atomic E-state index is 0.0522. The quantitative estimate of drug-likeness (QED) is 0.0697. The third-order valence-electron chi connectivity index (χ3n) is 6.75. The van der Waals surface area contributed by atoms with Crippen LogP contribution in [0.15, 0.2) is 72.2 Å². The Kier molecular flexibility index (Phi) is 17.8. The van der Waals surface area contributed by atoms with Gasteiger partial charge in [-0.15, -0.1) is 0 Å². The molecule has 0 radical (unpaired) electrons. The maximum absolute atomic E-state index is 13.0. The summed E-state index contributed by atoms with van der Waals surface area (Å²) >= 11 is 0. The second-order valence-electron chi connectivity index (χ2n) is 12.3. The van der Waals surface area contributed by atoms with Gasteiger partial charge in [-0.3, -0.25) is 14.9 Å². The van der Waals surface area contributed by atoms with Crippen molar-refractivity contribution in [2.75, 3.05) is 7.11 Å². The Hall–Kier alpha value is -3.02. The molecule has 248 valence electrons. The van der Waals surface area contributed by atoms with Gasteiger partial charge in [-0.25, -0.2) is 0 Å². The van der Waals surface area contributed by atoms with Gasteiger partial charge in [0.05, 0.1) is 19.3 Å². The third-order valence-corrected chi connectivity index (χ3v) is 6.75. The molecule has 0 bridgehead atoms. The van der Waals surface area contributed by atoms with E-state index >= 15 is 0 Å². The minimum atomic E-state index is -1.09. The zero-order chi connectivity index (χ0) is 33.3. The van der Waals surface area contributed by atoms with Crippen molar-refractivity contribution in [1.82, 2.24) is 16.0 Å². The van der Waals surface area contributed by atoms with Crippen molar-refractivity contribution in [2.45, 2.75) is 112 Å². The van der Waals surface area contributed by atoms with Gasteiger partial charge in [0.2, 0.25) is 24.5 Å². The molecule has 0 spiro atoms. The van der Waals surface area contributed by atoms with E-state index in [0.29, 0.717) is 25.0 Å². The molecule has 2 amide bonds. The second kappa shape index (κ2) is 20.1. The summed E-state index contributed by atoms with van der Waals surface area (Å²) in [6.45, 7) is 15.4. The Morgan fingerprint density at radius 2 is 1.80 bits per heavy atom. The summed E-state index contributed by atoms with van der Waals surface area (Å²) in [4.78, 5) is 25.7. The Morgan fingerprint density at radius 3 is 2.39 bits per heavy atom. The van der Waals surface area contributed by atoms with Gasteiger partial charge in [0.25, 0.3) is 0 Å². The summed E-state index contributed by atoms with van der Waals surface area (Å²) < 4.78 is 16.4. The largest absolute Gasteiger partial charge is 0.496 e. The molecule has 1 aliphatic heterocycles. The van der Waals surface area contributed by atoms with Crippen molar-refractivity contribution in [3.05, 3.63) is 72.2 Å². The lowest BCUT2D eigenvalue weighted by atomic mass is 9.86. The SMILES string of the molecule is C/C=C\C[C@@H](C/C=C\NC(=O)[C@@H](NC(=O)\C=C/C=C\C(C)=C\[C@H](C)[C@@H]1CC=C(OC)[C@H](O)O1)C(C)(C)C)OC(O)NC(C)C. The average Bonchev–Trinajstić information content (AvgIpc) is 2.93. The number of aliphatic hydroxyl groups excluding tert-OH is 2. The molecule has 0 saturated carbocycles. The lowest BCUT2D eigenvalue weighted by molar-refractivity contribution is -0.155. The molecule has 1 heterocycles. The number of ether oxygens (including phenoxy) is 3. The summed E-state index contributed by atoms with van der Waals surface area (Å²) in [6, 6.07) is -0.712. The topological polar surface area (TPSA) is 138 Å². The van der Waals surface area contributed by atoms with Crippen LogP contribution in [0.1, 0.15) is 74.7 Å². The number of rotatable bonds is 17. The normalized spacial score (nSPS) is 21.2. The van der Waals surface area contributed by atoms with Crippen LogP contribution in [0, 0.1) is 11.3 Å².